The van der Waals surface area contributed by atoms with E-state index in [2.05, 4.69) is 55.3 Å². The van der Waals surface area contributed by atoms with Crippen LogP contribution in [0.1, 0.15) is 17.4 Å². The molecule has 0 radical (unpaired) electrons. The summed E-state index contributed by atoms with van der Waals surface area (Å²) in [5, 5.41) is 7.72. The molecule has 1 unspecified atom stereocenters. The van der Waals surface area contributed by atoms with Crippen molar-refractivity contribution < 1.29 is 0 Å². The first-order valence-electron chi connectivity index (χ1n) is 6.42. The van der Waals surface area contributed by atoms with Crippen LogP contribution in [0.3, 0.4) is 0 Å². The standard InChI is InChI=1S/C13H19BrN6/c1-15-12(11-9-16-4-5-17-11)13-10(14)8-18-20(13)7-6-19(2)3/h4-5,8-9,12,15H,6-7H2,1-3H3. The Morgan fingerprint density at radius 2 is 2.15 bits per heavy atom. The van der Waals surface area contributed by atoms with Gasteiger partial charge >= 0.3 is 0 Å². The summed E-state index contributed by atoms with van der Waals surface area (Å²) in [5.74, 6) is 0. The number of halogens is 1. The van der Waals surface area contributed by atoms with Crippen LogP contribution in [0, 0.1) is 0 Å². The number of likely N-dealkylation sites (N-methyl/N-ethyl adjacent to an activating group) is 1. The molecule has 0 bridgehead atoms. The van der Waals surface area contributed by atoms with E-state index in [4.69, 9.17) is 0 Å². The summed E-state index contributed by atoms with van der Waals surface area (Å²) in [6.07, 6.45) is 6.98. The van der Waals surface area contributed by atoms with Crippen molar-refractivity contribution in [3.05, 3.63) is 40.6 Å². The molecule has 0 amide bonds. The van der Waals surface area contributed by atoms with E-state index in [1.54, 1.807) is 18.6 Å². The van der Waals surface area contributed by atoms with Crippen LogP contribution in [0.2, 0.25) is 0 Å². The Morgan fingerprint density at radius 1 is 1.35 bits per heavy atom. The normalized spacial score (nSPS) is 12.8. The Hall–Kier alpha value is -1.31. The average Bonchev–Trinajstić information content (AvgIpc) is 2.80. The van der Waals surface area contributed by atoms with Gasteiger partial charge in [-0.25, -0.2) is 0 Å². The minimum atomic E-state index is -0.0391. The average molecular weight is 339 g/mol. The number of hydrogen-bond donors (Lipinski definition) is 1. The zero-order valence-corrected chi connectivity index (χ0v) is 13.5. The molecule has 6 nitrogen and oxygen atoms in total. The molecule has 0 aliphatic heterocycles. The van der Waals surface area contributed by atoms with Crippen molar-refractivity contribution in [3.63, 3.8) is 0 Å². The Balaban J connectivity index is 2.32. The SMILES string of the molecule is CNC(c1cnccn1)c1c(Br)cnn1CCN(C)C. The molecule has 0 aromatic carbocycles. The smallest absolute Gasteiger partial charge is 0.0946 e. The molecular weight excluding hydrogens is 320 g/mol. The largest absolute Gasteiger partial charge is 0.308 e. The Morgan fingerprint density at radius 3 is 2.75 bits per heavy atom. The molecule has 1 atom stereocenters. The first-order valence-corrected chi connectivity index (χ1v) is 7.22. The molecule has 2 aromatic rings. The van der Waals surface area contributed by atoms with Crippen LogP contribution < -0.4 is 5.32 Å². The van der Waals surface area contributed by atoms with Gasteiger partial charge in [-0.2, -0.15) is 5.10 Å². The van der Waals surface area contributed by atoms with E-state index in [1.807, 2.05) is 17.9 Å². The van der Waals surface area contributed by atoms with E-state index in [9.17, 15) is 0 Å². The Bertz CT molecular complexity index is 539. The maximum Gasteiger partial charge on any atom is 0.0946 e. The summed E-state index contributed by atoms with van der Waals surface area (Å²) in [7, 11) is 6.02. The summed E-state index contributed by atoms with van der Waals surface area (Å²) in [6.45, 7) is 1.75. The summed E-state index contributed by atoms with van der Waals surface area (Å²) in [6, 6.07) is -0.0391. The monoisotopic (exact) mass is 338 g/mol. The third kappa shape index (κ3) is 3.41. The van der Waals surface area contributed by atoms with E-state index >= 15 is 0 Å². The van der Waals surface area contributed by atoms with E-state index in [-0.39, 0.29) is 6.04 Å². The number of hydrogen-bond acceptors (Lipinski definition) is 5. The van der Waals surface area contributed by atoms with Gasteiger partial charge in [0, 0.05) is 18.9 Å². The van der Waals surface area contributed by atoms with Crippen LogP contribution >= 0.6 is 15.9 Å². The number of nitrogens with one attached hydrogen (secondary N) is 1. The molecule has 2 aromatic heterocycles. The van der Waals surface area contributed by atoms with Crippen molar-refractivity contribution in [1.29, 1.82) is 0 Å². The molecule has 0 spiro atoms. The molecule has 0 aliphatic rings. The third-order valence-electron chi connectivity index (χ3n) is 3.03. The van der Waals surface area contributed by atoms with Gasteiger partial charge < -0.3 is 10.2 Å². The fourth-order valence-electron chi connectivity index (χ4n) is 2.02. The quantitative estimate of drug-likeness (QED) is 0.860. The number of rotatable bonds is 6. The lowest BCUT2D eigenvalue weighted by atomic mass is 10.1. The van der Waals surface area contributed by atoms with Crippen LogP contribution in [0.15, 0.2) is 29.3 Å². The molecule has 0 aliphatic carbocycles. The molecule has 108 valence electrons. The Kier molecular flexibility index (Phi) is 5.22. The van der Waals surface area contributed by atoms with Gasteiger partial charge in [0.05, 0.1) is 40.8 Å². The van der Waals surface area contributed by atoms with Crippen LogP contribution in [0.5, 0.6) is 0 Å². The molecular formula is C13H19BrN6. The van der Waals surface area contributed by atoms with Gasteiger partial charge in [0.15, 0.2) is 0 Å². The van der Waals surface area contributed by atoms with Crippen molar-refractivity contribution >= 4 is 15.9 Å². The van der Waals surface area contributed by atoms with Crippen molar-refractivity contribution in [2.24, 2.45) is 0 Å². The second kappa shape index (κ2) is 6.92. The maximum absolute atomic E-state index is 4.44. The predicted octanol–water partition coefficient (Wildman–Crippen LogP) is 1.31. The second-order valence-corrected chi connectivity index (χ2v) is 5.61. The van der Waals surface area contributed by atoms with Gasteiger partial charge in [0.2, 0.25) is 0 Å². The second-order valence-electron chi connectivity index (χ2n) is 4.76. The summed E-state index contributed by atoms with van der Waals surface area (Å²) in [4.78, 5) is 10.7. The minimum Gasteiger partial charge on any atom is -0.308 e. The lowest BCUT2D eigenvalue weighted by molar-refractivity contribution is 0.366. The summed E-state index contributed by atoms with van der Waals surface area (Å²) in [5.41, 5.74) is 1.94. The lowest BCUT2D eigenvalue weighted by Crippen LogP contribution is -2.26. The summed E-state index contributed by atoms with van der Waals surface area (Å²) < 4.78 is 2.97. The zero-order chi connectivity index (χ0) is 14.5. The predicted molar refractivity (Wildman–Crippen MR) is 81.4 cm³/mol. The third-order valence-corrected chi connectivity index (χ3v) is 3.64. The molecule has 0 saturated carbocycles. The molecule has 2 rings (SSSR count). The minimum absolute atomic E-state index is 0.0391. The van der Waals surface area contributed by atoms with Crippen LogP contribution in [0.4, 0.5) is 0 Å². The Labute approximate surface area is 127 Å². The van der Waals surface area contributed by atoms with E-state index in [0.717, 1.165) is 29.0 Å². The van der Waals surface area contributed by atoms with E-state index < -0.39 is 0 Å². The molecule has 20 heavy (non-hydrogen) atoms. The number of nitrogens with zero attached hydrogens (tertiary/aromatic N) is 5. The molecule has 1 N–H and O–H groups in total. The topological polar surface area (TPSA) is 58.9 Å². The molecule has 7 heteroatoms. The van der Waals surface area contributed by atoms with Gasteiger partial charge in [0.1, 0.15) is 0 Å². The highest BCUT2D eigenvalue weighted by molar-refractivity contribution is 9.10. The highest BCUT2D eigenvalue weighted by Crippen LogP contribution is 2.26. The van der Waals surface area contributed by atoms with Crippen molar-refractivity contribution in [2.75, 3.05) is 27.7 Å². The maximum atomic E-state index is 4.44. The van der Waals surface area contributed by atoms with Crippen LogP contribution in [-0.4, -0.2) is 52.3 Å². The fourth-order valence-corrected chi connectivity index (χ4v) is 2.54. The first-order chi connectivity index (χ1) is 9.63. The van der Waals surface area contributed by atoms with Gasteiger partial charge in [-0.15, -0.1) is 0 Å². The first kappa shape index (κ1) is 15.1. The molecule has 2 heterocycles. The van der Waals surface area contributed by atoms with Gasteiger partial charge in [0.25, 0.3) is 0 Å². The molecule has 0 fully saturated rings. The van der Waals surface area contributed by atoms with Crippen molar-refractivity contribution in [2.45, 2.75) is 12.6 Å². The highest BCUT2D eigenvalue weighted by atomic mass is 79.9. The highest BCUT2D eigenvalue weighted by Gasteiger charge is 2.21. The van der Waals surface area contributed by atoms with E-state index in [0.29, 0.717) is 0 Å². The van der Waals surface area contributed by atoms with Gasteiger partial charge in [-0.3, -0.25) is 14.6 Å². The number of aromatic nitrogens is 4. The van der Waals surface area contributed by atoms with Crippen molar-refractivity contribution in [3.8, 4) is 0 Å². The van der Waals surface area contributed by atoms with Crippen LogP contribution in [-0.2, 0) is 6.54 Å². The fraction of sp³-hybridized carbons (Fsp3) is 0.462. The zero-order valence-electron chi connectivity index (χ0n) is 11.9. The van der Waals surface area contributed by atoms with Crippen LogP contribution in [0.25, 0.3) is 0 Å². The van der Waals surface area contributed by atoms with Gasteiger partial charge in [-0.05, 0) is 37.1 Å². The molecule has 0 saturated heterocycles. The lowest BCUT2D eigenvalue weighted by Gasteiger charge is -2.19. The van der Waals surface area contributed by atoms with Crippen molar-refractivity contribution in [1.82, 2.24) is 30.0 Å². The van der Waals surface area contributed by atoms with Gasteiger partial charge in [-0.1, -0.05) is 0 Å². The summed E-state index contributed by atoms with van der Waals surface area (Å²) >= 11 is 3.58. The van der Waals surface area contributed by atoms with E-state index in [1.165, 1.54) is 0 Å².